The minimum Gasteiger partial charge on any atom is -0.381 e. The molecule has 1 atom stereocenters. The minimum atomic E-state index is -4.53. The molecule has 1 aliphatic heterocycles. The van der Waals surface area contributed by atoms with Crippen LogP contribution in [0, 0.1) is 0 Å². The lowest BCUT2D eigenvalue weighted by atomic mass is 10.0. The number of aromatic amines is 1. The summed E-state index contributed by atoms with van der Waals surface area (Å²) in [6.07, 6.45) is -1.78. The Morgan fingerprint density at radius 1 is 1.38 bits per heavy atom. The van der Waals surface area contributed by atoms with Gasteiger partial charge in [-0.1, -0.05) is 0 Å². The van der Waals surface area contributed by atoms with Crippen LogP contribution in [0.25, 0.3) is 0 Å². The number of alkyl halides is 3. The Balaban J connectivity index is 1.84. The molecule has 1 saturated heterocycles. The Labute approximate surface area is 116 Å². The van der Waals surface area contributed by atoms with Crippen LogP contribution in [0.3, 0.4) is 0 Å². The summed E-state index contributed by atoms with van der Waals surface area (Å²) in [5.41, 5.74) is -1.94. The predicted molar refractivity (Wildman–Crippen MR) is 64.1 cm³/mol. The fourth-order valence-corrected chi connectivity index (χ4v) is 2.26. The first-order valence-corrected chi connectivity index (χ1v) is 6.12. The van der Waals surface area contributed by atoms with E-state index in [1.165, 1.54) is 11.1 Å². The van der Waals surface area contributed by atoms with Crippen molar-refractivity contribution in [2.75, 3.05) is 18.0 Å². The molecule has 3 heterocycles. The van der Waals surface area contributed by atoms with Gasteiger partial charge in [0.2, 0.25) is 5.95 Å². The first-order valence-electron chi connectivity index (χ1n) is 6.12. The average Bonchev–Trinajstić information content (AvgIpc) is 3.08. The Morgan fingerprint density at radius 3 is 2.86 bits per heavy atom. The smallest absolute Gasteiger partial charge is 0.381 e. The van der Waals surface area contributed by atoms with Crippen LogP contribution in [0.5, 0.6) is 0 Å². The van der Waals surface area contributed by atoms with Gasteiger partial charge in [-0.05, 0) is 6.07 Å². The molecule has 112 valence electrons. The molecule has 21 heavy (non-hydrogen) atoms. The van der Waals surface area contributed by atoms with Gasteiger partial charge < -0.3 is 10.0 Å². The van der Waals surface area contributed by atoms with Crippen molar-refractivity contribution in [3.05, 3.63) is 29.8 Å². The first kappa shape index (κ1) is 13.7. The lowest BCUT2D eigenvalue weighted by molar-refractivity contribution is -0.141. The summed E-state index contributed by atoms with van der Waals surface area (Å²) in [6, 6.07) is 0.809. The van der Waals surface area contributed by atoms with Crippen LogP contribution < -0.4 is 4.90 Å². The van der Waals surface area contributed by atoms with Gasteiger partial charge in [0.05, 0.1) is 12.7 Å². The van der Waals surface area contributed by atoms with E-state index in [0.717, 1.165) is 12.3 Å². The molecule has 1 aliphatic rings. The van der Waals surface area contributed by atoms with E-state index < -0.39 is 17.5 Å². The zero-order chi connectivity index (χ0) is 15.1. The van der Waals surface area contributed by atoms with Gasteiger partial charge >= 0.3 is 6.18 Å². The van der Waals surface area contributed by atoms with Crippen LogP contribution in [-0.4, -0.2) is 43.6 Å². The third-order valence-corrected chi connectivity index (χ3v) is 3.36. The monoisotopic (exact) mass is 300 g/mol. The maximum Gasteiger partial charge on any atom is 0.433 e. The number of H-pyrrole nitrogens is 1. The van der Waals surface area contributed by atoms with E-state index in [1.54, 1.807) is 0 Å². The third-order valence-electron chi connectivity index (χ3n) is 3.36. The number of anilines is 1. The second-order valence-electron chi connectivity index (χ2n) is 4.80. The Morgan fingerprint density at radius 2 is 2.19 bits per heavy atom. The summed E-state index contributed by atoms with van der Waals surface area (Å²) in [6.45, 7) is 0.380. The molecule has 0 spiro atoms. The molecule has 0 aliphatic carbocycles. The summed E-state index contributed by atoms with van der Waals surface area (Å²) in [7, 11) is 0. The van der Waals surface area contributed by atoms with E-state index in [9.17, 15) is 18.3 Å². The van der Waals surface area contributed by atoms with E-state index in [0.29, 0.717) is 18.7 Å². The fourth-order valence-electron chi connectivity index (χ4n) is 2.26. The SMILES string of the molecule is O[C@]1(c2cn[nH]n2)CCN(c2nccc(C(F)(F)F)n2)C1. The number of aliphatic hydroxyl groups is 1. The zero-order valence-electron chi connectivity index (χ0n) is 10.7. The zero-order valence-corrected chi connectivity index (χ0v) is 10.7. The summed E-state index contributed by atoms with van der Waals surface area (Å²) in [5, 5.41) is 20.3. The van der Waals surface area contributed by atoms with Gasteiger partial charge in [-0.25, -0.2) is 9.97 Å². The third kappa shape index (κ3) is 2.53. The van der Waals surface area contributed by atoms with Crippen LogP contribution in [0.15, 0.2) is 18.5 Å². The molecule has 0 radical (unpaired) electrons. The first-order chi connectivity index (χ1) is 9.88. The van der Waals surface area contributed by atoms with E-state index in [1.807, 2.05) is 0 Å². The number of rotatable bonds is 2. The highest BCUT2D eigenvalue weighted by Gasteiger charge is 2.41. The molecule has 1 fully saturated rings. The van der Waals surface area contributed by atoms with Crippen molar-refractivity contribution in [2.24, 2.45) is 0 Å². The van der Waals surface area contributed by atoms with Gasteiger partial charge in [0, 0.05) is 19.2 Å². The van der Waals surface area contributed by atoms with Gasteiger partial charge in [0.1, 0.15) is 17.0 Å². The van der Waals surface area contributed by atoms with Crippen molar-refractivity contribution in [1.29, 1.82) is 0 Å². The molecule has 7 nitrogen and oxygen atoms in total. The van der Waals surface area contributed by atoms with Crippen LogP contribution in [0.1, 0.15) is 17.8 Å². The van der Waals surface area contributed by atoms with Gasteiger partial charge in [-0.3, -0.25) is 0 Å². The van der Waals surface area contributed by atoms with Crippen molar-refractivity contribution >= 4 is 5.95 Å². The molecular formula is C11H11F3N6O. The predicted octanol–water partition coefficient (Wildman–Crippen LogP) is 0.711. The molecule has 2 aromatic rings. The molecule has 2 aromatic heterocycles. The molecule has 0 saturated carbocycles. The van der Waals surface area contributed by atoms with Crippen molar-refractivity contribution in [2.45, 2.75) is 18.2 Å². The van der Waals surface area contributed by atoms with Crippen molar-refractivity contribution in [3.63, 3.8) is 0 Å². The summed E-state index contributed by atoms with van der Waals surface area (Å²) in [4.78, 5) is 8.84. The second-order valence-corrected chi connectivity index (χ2v) is 4.80. The maximum absolute atomic E-state index is 12.6. The molecule has 0 unspecified atom stereocenters. The van der Waals surface area contributed by atoms with Gasteiger partial charge in [-0.2, -0.15) is 28.6 Å². The molecule has 0 amide bonds. The molecule has 3 rings (SSSR count). The average molecular weight is 300 g/mol. The van der Waals surface area contributed by atoms with Crippen molar-refractivity contribution < 1.29 is 18.3 Å². The molecule has 10 heteroatoms. The standard InChI is InChI=1S/C11H11F3N6O/c12-11(13,14)7-1-3-15-9(17-7)20-4-2-10(21,6-20)8-5-16-19-18-8/h1,3,5,21H,2,4,6H2,(H,16,18,19)/t10-/m1/s1. The molecule has 0 aromatic carbocycles. The molecule has 0 bridgehead atoms. The highest BCUT2D eigenvalue weighted by atomic mass is 19.4. The van der Waals surface area contributed by atoms with Crippen LogP contribution in [-0.2, 0) is 11.8 Å². The van der Waals surface area contributed by atoms with E-state index >= 15 is 0 Å². The van der Waals surface area contributed by atoms with Gasteiger partial charge in [0.25, 0.3) is 0 Å². The lowest BCUT2D eigenvalue weighted by Gasteiger charge is -2.21. The highest BCUT2D eigenvalue weighted by Crippen LogP contribution is 2.33. The quantitative estimate of drug-likeness (QED) is 0.849. The van der Waals surface area contributed by atoms with E-state index in [2.05, 4.69) is 25.4 Å². The maximum atomic E-state index is 12.6. The largest absolute Gasteiger partial charge is 0.433 e. The number of nitrogens with zero attached hydrogens (tertiary/aromatic N) is 5. The van der Waals surface area contributed by atoms with E-state index in [4.69, 9.17) is 0 Å². The number of hydrogen-bond acceptors (Lipinski definition) is 6. The number of β-amino-alcohol motifs (C(OH)–C–C–N with tert-alkyl or cyclic N) is 1. The van der Waals surface area contributed by atoms with Crippen molar-refractivity contribution in [1.82, 2.24) is 25.4 Å². The Bertz CT molecular complexity index is 631. The van der Waals surface area contributed by atoms with Crippen LogP contribution in [0.4, 0.5) is 19.1 Å². The highest BCUT2D eigenvalue weighted by molar-refractivity contribution is 5.35. The van der Waals surface area contributed by atoms with E-state index in [-0.39, 0.29) is 12.5 Å². The number of aromatic nitrogens is 5. The van der Waals surface area contributed by atoms with Crippen LogP contribution in [0.2, 0.25) is 0 Å². The normalized spacial score (nSPS) is 22.8. The Kier molecular flexibility index (Phi) is 3.04. The summed E-state index contributed by atoms with van der Waals surface area (Å²) >= 11 is 0. The Hall–Kier alpha value is -2.23. The topological polar surface area (TPSA) is 90.8 Å². The lowest BCUT2D eigenvalue weighted by Crippen LogP contribution is -2.32. The number of hydrogen-bond donors (Lipinski definition) is 2. The summed E-state index contributed by atoms with van der Waals surface area (Å²) < 4.78 is 37.9. The van der Waals surface area contributed by atoms with Crippen LogP contribution >= 0.6 is 0 Å². The van der Waals surface area contributed by atoms with Gasteiger partial charge in [-0.15, -0.1) is 0 Å². The van der Waals surface area contributed by atoms with Crippen molar-refractivity contribution in [3.8, 4) is 0 Å². The van der Waals surface area contributed by atoms with Gasteiger partial charge in [0.15, 0.2) is 0 Å². The molecular weight excluding hydrogens is 289 g/mol. The fraction of sp³-hybridized carbons (Fsp3) is 0.455. The number of halogens is 3. The summed E-state index contributed by atoms with van der Waals surface area (Å²) in [5.74, 6) is -0.0655. The number of nitrogens with one attached hydrogen (secondary N) is 1. The molecule has 2 N–H and O–H groups in total. The second kappa shape index (κ2) is 4.65. The minimum absolute atomic E-state index is 0.0564.